The lowest BCUT2D eigenvalue weighted by atomic mass is 10.2. The molecule has 0 aliphatic carbocycles. The van der Waals surface area contributed by atoms with E-state index in [0.717, 1.165) is 0 Å². The van der Waals surface area contributed by atoms with Crippen LogP contribution in [-0.2, 0) is 0 Å². The van der Waals surface area contributed by atoms with Crippen LogP contribution in [0.2, 0.25) is 0 Å². The number of ether oxygens (including phenoxy) is 2. The Morgan fingerprint density at radius 3 is 2.38 bits per heavy atom. The lowest BCUT2D eigenvalue weighted by molar-refractivity contribution is -0.148. The van der Waals surface area contributed by atoms with Crippen molar-refractivity contribution in [2.75, 3.05) is 52.3 Å². The van der Waals surface area contributed by atoms with Crippen LogP contribution in [0.15, 0.2) is 18.2 Å². The molecule has 134 valence electrons. The number of carbonyl (C=O) groups is 1. The fourth-order valence-corrected chi connectivity index (χ4v) is 2.54. The maximum Gasteiger partial charge on any atom is 0.401 e. The van der Waals surface area contributed by atoms with E-state index in [2.05, 4.69) is 5.32 Å². The number of urea groups is 1. The number of hydrogen-bond acceptors (Lipinski definition) is 4. The highest BCUT2D eigenvalue weighted by atomic mass is 19.4. The molecule has 6 nitrogen and oxygen atoms in total. The lowest BCUT2D eigenvalue weighted by Gasteiger charge is -2.35. The van der Waals surface area contributed by atoms with E-state index < -0.39 is 12.7 Å². The van der Waals surface area contributed by atoms with Crippen molar-refractivity contribution in [1.82, 2.24) is 9.80 Å². The van der Waals surface area contributed by atoms with Gasteiger partial charge in [-0.05, 0) is 12.1 Å². The topological polar surface area (TPSA) is 54.0 Å². The van der Waals surface area contributed by atoms with E-state index in [9.17, 15) is 18.0 Å². The van der Waals surface area contributed by atoms with Gasteiger partial charge in [-0.15, -0.1) is 0 Å². The van der Waals surface area contributed by atoms with Crippen LogP contribution in [0.4, 0.5) is 23.7 Å². The summed E-state index contributed by atoms with van der Waals surface area (Å²) in [6.45, 7) is -0.126. The SMILES string of the molecule is COc1cccc(NC(=O)N2CCN(CC(F)(F)F)CC2)c1OC. The summed E-state index contributed by atoms with van der Waals surface area (Å²) >= 11 is 0. The largest absolute Gasteiger partial charge is 0.493 e. The van der Waals surface area contributed by atoms with Crippen molar-refractivity contribution < 1.29 is 27.4 Å². The van der Waals surface area contributed by atoms with Gasteiger partial charge in [0.05, 0.1) is 26.5 Å². The summed E-state index contributed by atoms with van der Waals surface area (Å²) in [5.41, 5.74) is 0.444. The Kier molecular flexibility index (Phi) is 5.76. The van der Waals surface area contributed by atoms with E-state index >= 15 is 0 Å². The van der Waals surface area contributed by atoms with Gasteiger partial charge < -0.3 is 19.7 Å². The van der Waals surface area contributed by atoms with Crippen molar-refractivity contribution in [1.29, 1.82) is 0 Å². The minimum Gasteiger partial charge on any atom is -0.493 e. The number of benzene rings is 1. The van der Waals surface area contributed by atoms with Gasteiger partial charge in [0.1, 0.15) is 0 Å². The summed E-state index contributed by atoms with van der Waals surface area (Å²) in [4.78, 5) is 15.1. The van der Waals surface area contributed by atoms with E-state index in [1.54, 1.807) is 18.2 Å². The number of halogens is 3. The highest BCUT2D eigenvalue weighted by Crippen LogP contribution is 2.34. The van der Waals surface area contributed by atoms with Gasteiger partial charge in [-0.1, -0.05) is 6.07 Å². The van der Waals surface area contributed by atoms with Crippen molar-refractivity contribution in [3.05, 3.63) is 18.2 Å². The Labute approximate surface area is 138 Å². The number of piperazine rings is 1. The summed E-state index contributed by atoms with van der Waals surface area (Å²) in [5, 5.41) is 2.71. The molecule has 1 aliphatic heterocycles. The number of nitrogens with zero attached hydrogens (tertiary/aromatic N) is 2. The van der Waals surface area contributed by atoms with Gasteiger partial charge in [-0.3, -0.25) is 4.90 Å². The molecular formula is C15H20F3N3O3. The number of hydrogen-bond donors (Lipinski definition) is 1. The number of nitrogens with one attached hydrogen (secondary N) is 1. The molecule has 0 radical (unpaired) electrons. The number of methoxy groups -OCH3 is 2. The zero-order chi connectivity index (χ0) is 17.7. The molecule has 0 aromatic heterocycles. The number of rotatable bonds is 4. The summed E-state index contributed by atoms with van der Waals surface area (Å²) in [5.74, 6) is 0.870. The Morgan fingerprint density at radius 1 is 1.17 bits per heavy atom. The molecule has 0 atom stereocenters. The minimum absolute atomic E-state index is 0.183. The van der Waals surface area contributed by atoms with Gasteiger partial charge in [0, 0.05) is 26.2 Å². The van der Waals surface area contributed by atoms with Crippen molar-refractivity contribution in [2.24, 2.45) is 0 Å². The Morgan fingerprint density at radius 2 is 1.83 bits per heavy atom. The van der Waals surface area contributed by atoms with Gasteiger partial charge in [0.2, 0.25) is 0 Å². The zero-order valence-corrected chi connectivity index (χ0v) is 13.5. The second-order valence-electron chi connectivity index (χ2n) is 5.35. The summed E-state index contributed by atoms with van der Waals surface area (Å²) in [6, 6.07) is 4.69. The molecule has 1 saturated heterocycles. The molecule has 2 rings (SSSR count). The average molecular weight is 347 g/mol. The maximum atomic E-state index is 12.4. The zero-order valence-electron chi connectivity index (χ0n) is 13.5. The van der Waals surface area contributed by atoms with Crippen LogP contribution >= 0.6 is 0 Å². The van der Waals surface area contributed by atoms with E-state index in [-0.39, 0.29) is 32.2 Å². The summed E-state index contributed by atoms with van der Waals surface area (Å²) < 4.78 is 47.5. The van der Waals surface area contributed by atoms with Crippen LogP contribution in [0, 0.1) is 0 Å². The molecule has 0 saturated carbocycles. The first kappa shape index (κ1) is 18.2. The van der Waals surface area contributed by atoms with Gasteiger partial charge in [-0.2, -0.15) is 13.2 Å². The number of anilines is 1. The molecule has 24 heavy (non-hydrogen) atoms. The van der Waals surface area contributed by atoms with Gasteiger partial charge in [0.15, 0.2) is 11.5 Å². The number of carbonyl (C=O) groups excluding carboxylic acids is 1. The van der Waals surface area contributed by atoms with E-state index in [1.165, 1.54) is 24.0 Å². The second-order valence-corrected chi connectivity index (χ2v) is 5.35. The van der Waals surface area contributed by atoms with Crippen LogP contribution in [0.5, 0.6) is 11.5 Å². The predicted molar refractivity (Wildman–Crippen MR) is 82.6 cm³/mol. The third kappa shape index (κ3) is 4.67. The maximum absolute atomic E-state index is 12.4. The first-order chi connectivity index (χ1) is 11.3. The highest BCUT2D eigenvalue weighted by Gasteiger charge is 2.33. The van der Waals surface area contributed by atoms with Crippen LogP contribution < -0.4 is 14.8 Å². The lowest BCUT2D eigenvalue weighted by Crippen LogP contribution is -2.51. The molecule has 1 N–H and O–H groups in total. The first-order valence-electron chi connectivity index (χ1n) is 7.40. The fraction of sp³-hybridized carbons (Fsp3) is 0.533. The first-order valence-corrected chi connectivity index (χ1v) is 7.40. The number of amides is 2. The molecule has 0 unspecified atom stereocenters. The molecule has 1 heterocycles. The molecular weight excluding hydrogens is 327 g/mol. The molecule has 1 aromatic rings. The van der Waals surface area contributed by atoms with Gasteiger partial charge >= 0.3 is 12.2 Å². The predicted octanol–water partition coefficient (Wildman–Crippen LogP) is 2.42. The van der Waals surface area contributed by atoms with Crippen molar-refractivity contribution >= 4 is 11.7 Å². The Balaban J connectivity index is 1.95. The van der Waals surface area contributed by atoms with E-state index in [1.807, 2.05) is 0 Å². The van der Waals surface area contributed by atoms with Crippen LogP contribution in [0.25, 0.3) is 0 Å². The van der Waals surface area contributed by atoms with Crippen molar-refractivity contribution in [2.45, 2.75) is 6.18 Å². The smallest absolute Gasteiger partial charge is 0.401 e. The third-order valence-corrected chi connectivity index (χ3v) is 3.71. The molecule has 0 spiro atoms. The molecule has 1 aromatic carbocycles. The van der Waals surface area contributed by atoms with Crippen molar-refractivity contribution in [3.8, 4) is 11.5 Å². The second kappa shape index (κ2) is 7.61. The molecule has 9 heteroatoms. The molecule has 0 bridgehead atoms. The normalized spacial score (nSPS) is 16.0. The van der Waals surface area contributed by atoms with Crippen LogP contribution in [-0.4, -0.2) is 69.0 Å². The van der Waals surface area contributed by atoms with Crippen LogP contribution in [0.3, 0.4) is 0 Å². The monoisotopic (exact) mass is 347 g/mol. The summed E-state index contributed by atoms with van der Waals surface area (Å²) in [7, 11) is 2.95. The highest BCUT2D eigenvalue weighted by molar-refractivity contribution is 5.91. The fourth-order valence-electron chi connectivity index (χ4n) is 2.54. The minimum atomic E-state index is -4.22. The molecule has 2 amide bonds. The Hall–Kier alpha value is -2.16. The van der Waals surface area contributed by atoms with Crippen LogP contribution in [0.1, 0.15) is 0 Å². The number of alkyl halides is 3. The standard InChI is InChI=1S/C15H20F3N3O3/c1-23-12-5-3-4-11(13(12)24-2)19-14(22)21-8-6-20(7-9-21)10-15(16,17)18/h3-5H,6-10H2,1-2H3,(H,19,22). The van der Waals surface area contributed by atoms with Gasteiger partial charge in [0.25, 0.3) is 0 Å². The van der Waals surface area contributed by atoms with E-state index in [0.29, 0.717) is 17.2 Å². The third-order valence-electron chi connectivity index (χ3n) is 3.71. The molecule has 1 aliphatic rings. The number of para-hydroxylation sites is 1. The molecule has 1 fully saturated rings. The Bertz CT molecular complexity index is 573. The van der Waals surface area contributed by atoms with Gasteiger partial charge in [-0.25, -0.2) is 4.79 Å². The average Bonchev–Trinajstić information content (AvgIpc) is 2.53. The quantitative estimate of drug-likeness (QED) is 0.909. The van der Waals surface area contributed by atoms with E-state index in [4.69, 9.17) is 9.47 Å². The van der Waals surface area contributed by atoms with Crippen molar-refractivity contribution in [3.63, 3.8) is 0 Å². The summed E-state index contributed by atoms with van der Waals surface area (Å²) in [6.07, 6.45) is -4.22.